The lowest BCUT2D eigenvalue weighted by atomic mass is 10.2. The van der Waals surface area contributed by atoms with Gasteiger partial charge in [0.1, 0.15) is 5.60 Å². The molecule has 0 aromatic carbocycles. The van der Waals surface area contributed by atoms with E-state index in [0.717, 1.165) is 0 Å². The predicted octanol–water partition coefficient (Wildman–Crippen LogP) is 1.07. The molecule has 0 saturated carbocycles. The maximum Gasteiger partial charge on any atom is 0.407 e. The molecule has 0 saturated heterocycles. The Balaban J connectivity index is 3.68. The lowest BCUT2D eigenvalue weighted by molar-refractivity contribution is 0.0529. The number of nitrogens with zero attached hydrogens (tertiary/aromatic N) is 1. The second-order valence-electron chi connectivity index (χ2n) is 5.48. The van der Waals surface area contributed by atoms with Crippen molar-refractivity contribution < 1.29 is 9.53 Å². The van der Waals surface area contributed by atoms with Crippen molar-refractivity contribution >= 4 is 12.1 Å². The summed E-state index contributed by atoms with van der Waals surface area (Å²) in [4.78, 5) is 15.4. The standard InChI is InChI=1S/C12H26N4O2/c1-9(2)8-16-10(13)14-6-7-15-11(17)18-12(3,4)5/h9H,6-8H2,1-5H3,(H,15,17)(H3,13,14,16). The third-order valence-electron chi connectivity index (χ3n) is 1.73. The molecule has 0 bridgehead atoms. The summed E-state index contributed by atoms with van der Waals surface area (Å²) in [6, 6.07) is 0. The number of alkyl carbamates (subject to hydrolysis) is 1. The molecule has 0 aliphatic carbocycles. The first-order valence-corrected chi connectivity index (χ1v) is 6.21. The number of guanidine groups is 1. The summed E-state index contributed by atoms with van der Waals surface area (Å²) in [7, 11) is 0. The Hall–Kier alpha value is -1.46. The molecule has 0 unspecified atom stereocenters. The number of carbonyl (C=O) groups excluding carboxylic acids is 1. The number of rotatable bonds is 5. The highest BCUT2D eigenvalue weighted by atomic mass is 16.6. The summed E-state index contributed by atoms with van der Waals surface area (Å²) >= 11 is 0. The van der Waals surface area contributed by atoms with Gasteiger partial charge in [-0.1, -0.05) is 13.8 Å². The van der Waals surface area contributed by atoms with E-state index in [9.17, 15) is 4.79 Å². The van der Waals surface area contributed by atoms with Gasteiger partial charge in [-0.25, -0.2) is 4.79 Å². The van der Waals surface area contributed by atoms with E-state index in [2.05, 4.69) is 29.5 Å². The second-order valence-corrected chi connectivity index (χ2v) is 5.48. The van der Waals surface area contributed by atoms with Gasteiger partial charge < -0.3 is 21.1 Å². The van der Waals surface area contributed by atoms with Crippen molar-refractivity contribution in [3.05, 3.63) is 0 Å². The lowest BCUT2D eigenvalue weighted by Crippen LogP contribution is -2.40. The van der Waals surface area contributed by atoms with Crippen molar-refractivity contribution in [2.24, 2.45) is 16.6 Å². The topological polar surface area (TPSA) is 88.7 Å². The molecule has 0 heterocycles. The molecule has 0 atom stereocenters. The zero-order chi connectivity index (χ0) is 14.2. The monoisotopic (exact) mass is 258 g/mol. The molecule has 0 rings (SSSR count). The fourth-order valence-electron chi connectivity index (χ4n) is 1.01. The van der Waals surface area contributed by atoms with Crippen LogP contribution in [-0.4, -0.2) is 37.3 Å². The molecule has 18 heavy (non-hydrogen) atoms. The normalized spacial score (nSPS) is 12.4. The zero-order valence-electron chi connectivity index (χ0n) is 12.0. The largest absolute Gasteiger partial charge is 0.444 e. The average molecular weight is 258 g/mol. The van der Waals surface area contributed by atoms with Crippen molar-refractivity contribution in [2.45, 2.75) is 40.2 Å². The lowest BCUT2D eigenvalue weighted by Gasteiger charge is -2.19. The molecule has 6 nitrogen and oxygen atoms in total. The minimum absolute atomic E-state index is 0.398. The Bertz CT molecular complexity index is 282. The van der Waals surface area contributed by atoms with E-state index in [1.807, 2.05) is 20.8 Å². The number of ether oxygens (including phenoxy) is 1. The molecule has 0 aromatic rings. The smallest absolute Gasteiger partial charge is 0.407 e. The predicted molar refractivity (Wildman–Crippen MR) is 73.6 cm³/mol. The van der Waals surface area contributed by atoms with Crippen molar-refractivity contribution in [2.75, 3.05) is 19.6 Å². The van der Waals surface area contributed by atoms with E-state index in [1.54, 1.807) is 0 Å². The van der Waals surface area contributed by atoms with Crippen LogP contribution in [0, 0.1) is 5.92 Å². The van der Waals surface area contributed by atoms with Crippen LogP contribution in [0.15, 0.2) is 4.99 Å². The first kappa shape index (κ1) is 16.5. The zero-order valence-corrected chi connectivity index (χ0v) is 12.0. The highest BCUT2D eigenvalue weighted by molar-refractivity contribution is 5.77. The maximum atomic E-state index is 11.3. The molecule has 4 N–H and O–H groups in total. The Morgan fingerprint density at radius 1 is 1.28 bits per heavy atom. The van der Waals surface area contributed by atoms with Gasteiger partial charge in [0, 0.05) is 19.6 Å². The number of hydrogen-bond acceptors (Lipinski definition) is 3. The van der Waals surface area contributed by atoms with Crippen molar-refractivity contribution in [3.63, 3.8) is 0 Å². The van der Waals surface area contributed by atoms with Crippen molar-refractivity contribution in [3.8, 4) is 0 Å². The fraction of sp³-hybridized carbons (Fsp3) is 0.833. The van der Waals surface area contributed by atoms with Crippen LogP contribution in [0.1, 0.15) is 34.6 Å². The first-order chi connectivity index (χ1) is 8.20. The molecule has 106 valence electrons. The SMILES string of the molecule is CC(C)CN=C(N)NCCNC(=O)OC(C)(C)C. The third kappa shape index (κ3) is 11.0. The summed E-state index contributed by atoms with van der Waals surface area (Å²) in [5.41, 5.74) is 5.16. The summed E-state index contributed by atoms with van der Waals surface area (Å²) in [5, 5.41) is 5.54. The molecular weight excluding hydrogens is 232 g/mol. The maximum absolute atomic E-state index is 11.3. The molecule has 0 aliphatic rings. The minimum Gasteiger partial charge on any atom is -0.444 e. The van der Waals surface area contributed by atoms with E-state index < -0.39 is 11.7 Å². The summed E-state index contributed by atoms with van der Waals surface area (Å²) in [6.45, 7) is 11.3. The van der Waals surface area contributed by atoms with Gasteiger partial charge in [-0.3, -0.25) is 4.99 Å². The van der Waals surface area contributed by atoms with E-state index in [4.69, 9.17) is 10.5 Å². The molecule has 0 spiro atoms. The molecule has 0 aromatic heterocycles. The molecule has 1 amide bonds. The number of hydrogen-bond donors (Lipinski definition) is 3. The summed E-state index contributed by atoms with van der Waals surface area (Å²) < 4.78 is 5.08. The molecular formula is C12H26N4O2. The van der Waals surface area contributed by atoms with Gasteiger partial charge in [0.05, 0.1) is 0 Å². The van der Waals surface area contributed by atoms with Gasteiger partial charge in [0.25, 0.3) is 0 Å². The summed E-state index contributed by atoms with van der Waals surface area (Å²) in [6.07, 6.45) is -0.429. The van der Waals surface area contributed by atoms with Gasteiger partial charge in [0.2, 0.25) is 0 Å². The van der Waals surface area contributed by atoms with E-state index in [-0.39, 0.29) is 0 Å². The van der Waals surface area contributed by atoms with E-state index >= 15 is 0 Å². The summed E-state index contributed by atoms with van der Waals surface area (Å²) in [5.74, 6) is 0.875. The van der Waals surface area contributed by atoms with Gasteiger partial charge in [-0.2, -0.15) is 0 Å². The quantitative estimate of drug-likeness (QED) is 0.391. The Morgan fingerprint density at radius 3 is 2.33 bits per heavy atom. The molecule has 6 heteroatoms. The van der Waals surface area contributed by atoms with Gasteiger partial charge in [0.15, 0.2) is 5.96 Å². The van der Waals surface area contributed by atoms with Gasteiger partial charge in [-0.05, 0) is 26.7 Å². The van der Waals surface area contributed by atoms with Crippen LogP contribution >= 0.6 is 0 Å². The van der Waals surface area contributed by atoms with Crippen LogP contribution < -0.4 is 16.4 Å². The number of nitrogens with two attached hydrogens (primary N) is 1. The van der Waals surface area contributed by atoms with Crippen LogP contribution in [0.3, 0.4) is 0 Å². The molecule has 0 fully saturated rings. The van der Waals surface area contributed by atoms with Crippen LogP contribution in [-0.2, 0) is 4.74 Å². The Morgan fingerprint density at radius 2 is 1.83 bits per heavy atom. The third-order valence-corrected chi connectivity index (χ3v) is 1.73. The Labute approximate surface area is 109 Å². The first-order valence-electron chi connectivity index (χ1n) is 6.21. The number of aliphatic imine (C=N–C) groups is 1. The van der Waals surface area contributed by atoms with Crippen LogP contribution in [0.25, 0.3) is 0 Å². The highest BCUT2D eigenvalue weighted by Crippen LogP contribution is 2.05. The van der Waals surface area contributed by atoms with Crippen molar-refractivity contribution in [1.29, 1.82) is 0 Å². The van der Waals surface area contributed by atoms with Crippen LogP contribution in [0.2, 0.25) is 0 Å². The average Bonchev–Trinajstić information content (AvgIpc) is 2.19. The molecule has 0 radical (unpaired) electrons. The number of nitrogens with one attached hydrogen (secondary N) is 2. The van der Waals surface area contributed by atoms with Gasteiger partial charge in [-0.15, -0.1) is 0 Å². The van der Waals surface area contributed by atoms with Gasteiger partial charge >= 0.3 is 6.09 Å². The second kappa shape index (κ2) is 7.79. The number of amides is 1. The Kier molecular flexibility index (Phi) is 7.16. The number of carbonyl (C=O) groups is 1. The molecule has 0 aliphatic heterocycles. The fourth-order valence-corrected chi connectivity index (χ4v) is 1.01. The van der Waals surface area contributed by atoms with Crippen LogP contribution in [0.4, 0.5) is 4.79 Å². The van der Waals surface area contributed by atoms with Crippen LogP contribution in [0.5, 0.6) is 0 Å². The van der Waals surface area contributed by atoms with E-state index in [1.165, 1.54) is 0 Å². The van der Waals surface area contributed by atoms with E-state index in [0.29, 0.717) is 31.5 Å². The minimum atomic E-state index is -0.477. The van der Waals surface area contributed by atoms with Crippen molar-refractivity contribution in [1.82, 2.24) is 10.6 Å². The highest BCUT2D eigenvalue weighted by Gasteiger charge is 2.15.